The van der Waals surface area contributed by atoms with Crippen LogP contribution in [0.15, 0.2) is 36.5 Å². The SMILES string of the molecule is C=C(C)C(=O)OCCOCCOC(=O)C(=C)C.C=C(C)C(=O)ON1C(=O)CCC1=O. The van der Waals surface area contributed by atoms with E-state index in [9.17, 15) is 24.0 Å². The summed E-state index contributed by atoms with van der Waals surface area (Å²) in [5.74, 6) is -2.62. The van der Waals surface area contributed by atoms with Gasteiger partial charge in [-0.3, -0.25) is 9.59 Å². The van der Waals surface area contributed by atoms with Crippen LogP contribution in [0.2, 0.25) is 0 Å². The van der Waals surface area contributed by atoms with Crippen molar-refractivity contribution >= 4 is 29.7 Å². The average Bonchev–Trinajstić information content (AvgIpc) is 2.98. The molecule has 0 aliphatic carbocycles. The number of rotatable bonds is 10. The van der Waals surface area contributed by atoms with Gasteiger partial charge in [0.15, 0.2) is 0 Å². The summed E-state index contributed by atoms with van der Waals surface area (Å²) in [6, 6.07) is 0. The minimum atomic E-state index is -0.761. The van der Waals surface area contributed by atoms with Crippen molar-refractivity contribution in [3.63, 3.8) is 0 Å². The highest BCUT2D eigenvalue weighted by atomic mass is 16.7. The van der Waals surface area contributed by atoms with Crippen LogP contribution in [0.1, 0.15) is 33.6 Å². The van der Waals surface area contributed by atoms with Crippen molar-refractivity contribution in [2.45, 2.75) is 33.6 Å². The number of nitrogens with zero attached hydrogens (tertiary/aromatic N) is 1. The lowest BCUT2D eigenvalue weighted by molar-refractivity contribution is -0.194. The van der Waals surface area contributed by atoms with Gasteiger partial charge in [0.1, 0.15) is 13.2 Å². The number of imide groups is 1. The summed E-state index contributed by atoms with van der Waals surface area (Å²) in [7, 11) is 0. The molecular formula is C20H27NO9. The van der Waals surface area contributed by atoms with E-state index >= 15 is 0 Å². The summed E-state index contributed by atoms with van der Waals surface area (Å²) in [4.78, 5) is 59.2. The van der Waals surface area contributed by atoms with E-state index in [0.29, 0.717) is 16.2 Å². The van der Waals surface area contributed by atoms with Gasteiger partial charge in [0.25, 0.3) is 11.8 Å². The second-order valence-electron chi connectivity index (χ2n) is 6.19. The van der Waals surface area contributed by atoms with Crippen molar-refractivity contribution in [2.75, 3.05) is 26.4 Å². The lowest BCUT2D eigenvalue weighted by Crippen LogP contribution is -2.32. The Bertz CT molecular complexity index is 678. The standard InChI is InChI=1S/C12H18O5.C8H9NO4/c1-9(2)11(13)16-7-5-15-6-8-17-12(14)10(3)4;1-5(2)8(12)13-9-6(10)3-4-7(9)11/h1,3,5-8H2,2,4H3;1,3-4H2,2H3. The first kappa shape index (κ1) is 26.7. The van der Waals surface area contributed by atoms with Crippen LogP contribution in [0.5, 0.6) is 0 Å². The monoisotopic (exact) mass is 425 g/mol. The second-order valence-corrected chi connectivity index (χ2v) is 6.19. The minimum Gasteiger partial charge on any atom is -0.460 e. The Labute approximate surface area is 175 Å². The van der Waals surface area contributed by atoms with Crippen LogP contribution in [0.3, 0.4) is 0 Å². The largest absolute Gasteiger partial charge is 0.460 e. The van der Waals surface area contributed by atoms with Gasteiger partial charge in [-0.1, -0.05) is 19.7 Å². The molecule has 10 heteroatoms. The summed E-state index contributed by atoms with van der Waals surface area (Å²) in [5, 5.41) is 0.497. The van der Waals surface area contributed by atoms with Crippen LogP contribution < -0.4 is 0 Å². The highest BCUT2D eigenvalue weighted by Crippen LogP contribution is 2.12. The third-order valence-electron chi connectivity index (χ3n) is 3.15. The van der Waals surface area contributed by atoms with E-state index in [1.54, 1.807) is 13.8 Å². The van der Waals surface area contributed by atoms with Crippen LogP contribution in [-0.2, 0) is 43.0 Å². The molecule has 0 aromatic rings. The predicted molar refractivity (Wildman–Crippen MR) is 104 cm³/mol. The third-order valence-corrected chi connectivity index (χ3v) is 3.15. The minimum absolute atomic E-state index is 0.0995. The van der Waals surface area contributed by atoms with Gasteiger partial charge in [-0.2, -0.15) is 0 Å². The molecule has 1 saturated heterocycles. The lowest BCUT2D eigenvalue weighted by atomic mass is 10.4. The predicted octanol–water partition coefficient (Wildman–Crippen LogP) is 1.41. The van der Waals surface area contributed by atoms with Crippen LogP contribution in [0.25, 0.3) is 0 Å². The van der Waals surface area contributed by atoms with E-state index in [0.717, 1.165) is 0 Å². The molecule has 0 spiro atoms. The molecule has 166 valence electrons. The van der Waals surface area contributed by atoms with Crippen LogP contribution in [0.4, 0.5) is 0 Å². The Hall–Kier alpha value is -3.27. The zero-order valence-electron chi connectivity index (χ0n) is 17.5. The number of hydrogen-bond acceptors (Lipinski definition) is 9. The van der Waals surface area contributed by atoms with Crippen molar-refractivity contribution in [1.29, 1.82) is 0 Å². The molecule has 0 aromatic heterocycles. The zero-order chi connectivity index (χ0) is 23.3. The van der Waals surface area contributed by atoms with E-state index in [1.165, 1.54) is 6.92 Å². The molecule has 0 aromatic carbocycles. The Morgan fingerprint density at radius 2 is 1.10 bits per heavy atom. The lowest BCUT2D eigenvalue weighted by Gasteiger charge is -2.11. The number of ether oxygens (including phenoxy) is 3. The molecule has 1 aliphatic rings. The number of hydrogen-bond donors (Lipinski definition) is 0. The second kappa shape index (κ2) is 13.8. The first-order valence-corrected chi connectivity index (χ1v) is 8.94. The Balaban J connectivity index is 0.000000579. The molecule has 0 saturated carbocycles. The molecule has 0 bridgehead atoms. The van der Waals surface area contributed by atoms with Crippen molar-refractivity contribution < 1.29 is 43.0 Å². The van der Waals surface area contributed by atoms with Gasteiger partial charge in [-0.25, -0.2) is 14.4 Å². The Morgan fingerprint density at radius 1 is 0.733 bits per heavy atom. The first-order valence-electron chi connectivity index (χ1n) is 8.94. The summed E-state index contributed by atoms with van der Waals surface area (Å²) in [6.07, 6.45) is 0.199. The van der Waals surface area contributed by atoms with Crippen LogP contribution in [-0.4, -0.2) is 61.2 Å². The first-order chi connectivity index (χ1) is 14.0. The summed E-state index contributed by atoms with van der Waals surface area (Å²) in [6.45, 7) is 15.6. The molecule has 0 N–H and O–H groups in total. The average molecular weight is 425 g/mol. The highest BCUT2D eigenvalue weighted by molar-refractivity contribution is 6.02. The van der Waals surface area contributed by atoms with E-state index in [-0.39, 0.29) is 44.8 Å². The van der Waals surface area contributed by atoms with Gasteiger partial charge >= 0.3 is 17.9 Å². The molecule has 1 rings (SSSR count). The number of carbonyl (C=O) groups is 5. The van der Waals surface area contributed by atoms with E-state index < -0.39 is 29.7 Å². The maximum Gasteiger partial charge on any atom is 0.359 e. The van der Waals surface area contributed by atoms with Crippen molar-refractivity contribution in [1.82, 2.24) is 5.06 Å². The van der Waals surface area contributed by atoms with Crippen molar-refractivity contribution in [3.8, 4) is 0 Å². The molecule has 1 aliphatic heterocycles. The number of hydroxylamine groups is 2. The van der Waals surface area contributed by atoms with Gasteiger partial charge < -0.3 is 19.0 Å². The topological polar surface area (TPSA) is 126 Å². The van der Waals surface area contributed by atoms with Crippen molar-refractivity contribution in [2.24, 2.45) is 0 Å². The molecule has 10 nitrogen and oxygen atoms in total. The van der Waals surface area contributed by atoms with Gasteiger partial charge in [0.05, 0.1) is 13.2 Å². The molecule has 0 unspecified atom stereocenters. The highest BCUT2D eigenvalue weighted by Gasteiger charge is 2.32. The summed E-state index contributed by atoms with van der Waals surface area (Å²) >= 11 is 0. The fourth-order valence-electron chi connectivity index (χ4n) is 1.55. The summed E-state index contributed by atoms with van der Waals surface area (Å²) < 4.78 is 14.6. The normalized spacial score (nSPS) is 12.4. The van der Waals surface area contributed by atoms with Crippen molar-refractivity contribution in [3.05, 3.63) is 36.5 Å². The van der Waals surface area contributed by atoms with Gasteiger partial charge in [0, 0.05) is 29.6 Å². The fraction of sp³-hybridized carbons (Fsp3) is 0.450. The maximum absolute atomic E-state index is 10.9. The van der Waals surface area contributed by atoms with Crippen LogP contribution in [0, 0.1) is 0 Å². The van der Waals surface area contributed by atoms with Gasteiger partial charge in [-0.05, 0) is 20.8 Å². The number of amides is 2. The molecular weight excluding hydrogens is 398 g/mol. The number of carbonyl (C=O) groups excluding carboxylic acids is 5. The molecule has 1 fully saturated rings. The van der Waals surface area contributed by atoms with E-state index in [4.69, 9.17) is 14.2 Å². The van der Waals surface area contributed by atoms with E-state index in [2.05, 4.69) is 24.6 Å². The van der Waals surface area contributed by atoms with Gasteiger partial charge in [-0.15, -0.1) is 5.06 Å². The molecule has 1 heterocycles. The Morgan fingerprint density at radius 3 is 1.43 bits per heavy atom. The fourth-order valence-corrected chi connectivity index (χ4v) is 1.55. The molecule has 2 amide bonds. The smallest absolute Gasteiger partial charge is 0.359 e. The zero-order valence-corrected chi connectivity index (χ0v) is 17.5. The molecule has 0 atom stereocenters. The quantitative estimate of drug-likeness (QED) is 0.221. The van der Waals surface area contributed by atoms with Gasteiger partial charge in [0.2, 0.25) is 0 Å². The molecule has 0 radical (unpaired) electrons. The third kappa shape index (κ3) is 10.9. The maximum atomic E-state index is 10.9. The van der Waals surface area contributed by atoms with E-state index in [1.807, 2.05) is 0 Å². The molecule has 30 heavy (non-hydrogen) atoms. The number of esters is 2. The van der Waals surface area contributed by atoms with Crippen LogP contribution >= 0.6 is 0 Å². The summed E-state index contributed by atoms with van der Waals surface area (Å²) in [5.41, 5.74) is 0.841. The Kier molecular flexibility index (Phi) is 12.3.